The third-order valence-electron chi connectivity index (χ3n) is 1.73. The molecule has 0 fully saturated rings. The predicted molar refractivity (Wildman–Crippen MR) is 49.1 cm³/mol. The quantitative estimate of drug-likeness (QED) is 0.408. The van der Waals surface area contributed by atoms with Crippen molar-refractivity contribution in [2.75, 3.05) is 12.8 Å². The first-order chi connectivity index (χ1) is 6.06. The van der Waals surface area contributed by atoms with Gasteiger partial charge in [-0.1, -0.05) is 0 Å². The van der Waals surface area contributed by atoms with Crippen LogP contribution in [0.3, 0.4) is 0 Å². The Morgan fingerprint density at radius 2 is 2.15 bits per heavy atom. The highest BCUT2D eigenvalue weighted by molar-refractivity contribution is 5.98. The molecule has 1 aromatic carbocycles. The van der Waals surface area contributed by atoms with Gasteiger partial charge in [0.2, 0.25) is 0 Å². The number of Topliss-reactive ketones (excluding diaryl/α,β-unsaturated/α-hetero) is 1. The third-order valence-corrected chi connectivity index (χ3v) is 1.73. The Morgan fingerprint density at radius 3 is 2.62 bits per heavy atom. The van der Waals surface area contributed by atoms with Gasteiger partial charge < -0.3 is 15.6 Å². The summed E-state index contributed by atoms with van der Waals surface area (Å²) in [6, 6.07) is 2.91. The molecule has 1 aromatic rings. The Hall–Kier alpha value is -1.71. The van der Waals surface area contributed by atoms with Crippen LogP contribution in [0.25, 0.3) is 0 Å². The maximum Gasteiger partial charge on any atom is 0.163 e. The van der Waals surface area contributed by atoms with Gasteiger partial charge in [0.25, 0.3) is 0 Å². The van der Waals surface area contributed by atoms with Crippen molar-refractivity contribution in [3.05, 3.63) is 17.7 Å². The Bertz CT molecular complexity index is 347. The molecule has 70 valence electrons. The number of nitrogens with two attached hydrogens (primary N) is 1. The van der Waals surface area contributed by atoms with E-state index in [0.29, 0.717) is 5.75 Å². The largest absolute Gasteiger partial charge is 0.505 e. The van der Waals surface area contributed by atoms with E-state index < -0.39 is 0 Å². The molecule has 0 heterocycles. The van der Waals surface area contributed by atoms with Crippen molar-refractivity contribution in [2.24, 2.45) is 0 Å². The highest BCUT2D eigenvalue weighted by Crippen LogP contribution is 2.30. The molecule has 0 aliphatic carbocycles. The smallest absolute Gasteiger partial charge is 0.163 e. The Balaban J connectivity index is 3.33. The Morgan fingerprint density at radius 1 is 1.54 bits per heavy atom. The molecule has 0 radical (unpaired) electrons. The summed E-state index contributed by atoms with van der Waals surface area (Å²) in [6.45, 7) is 1.36. The van der Waals surface area contributed by atoms with E-state index in [0.717, 1.165) is 0 Å². The molecule has 0 atom stereocenters. The number of ketones is 1. The molecule has 3 N–H and O–H groups in total. The van der Waals surface area contributed by atoms with Crippen molar-refractivity contribution in [3.63, 3.8) is 0 Å². The lowest BCUT2D eigenvalue weighted by Crippen LogP contribution is -1.98. The van der Waals surface area contributed by atoms with Crippen LogP contribution in [0.2, 0.25) is 0 Å². The molecular formula is C9H11NO3. The van der Waals surface area contributed by atoms with E-state index in [9.17, 15) is 9.90 Å². The van der Waals surface area contributed by atoms with E-state index in [4.69, 9.17) is 10.5 Å². The molecule has 0 spiro atoms. The zero-order valence-corrected chi connectivity index (χ0v) is 7.50. The Kier molecular flexibility index (Phi) is 2.41. The number of carbonyl (C=O) groups excluding carboxylic acids is 1. The van der Waals surface area contributed by atoms with E-state index in [1.165, 1.54) is 26.2 Å². The van der Waals surface area contributed by atoms with Crippen molar-refractivity contribution in [1.29, 1.82) is 0 Å². The third kappa shape index (κ3) is 1.72. The van der Waals surface area contributed by atoms with Gasteiger partial charge in [0.15, 0.2) is 5.78 Å². The maximum atomic E-state index is 11.0. The fraction of sp³-hybridized carbons (Fsp3) is 0.222. The minimum atomic E-state index is -0.247. The number of phenols is 1. The SMILES string of the molecule is COc1cc(N)c(O)c(C(C)=O)c1. The standard InChI is InChI=1S/C9H11NO3/c1-5(11)7-3-6(13-2)4-8(10)9(7)12/h3-4,12H,10H2,1-2H3. The predicted octanol–water partition coefficient (Wildman–Crippen LogP) is 1.19. The average molecular weight is 181 g/mol. The first-order valence-electron chi connectivity index (χ1n) is 3.73. The fourth-order valence-corrected chi connectivity index (χ4v) is 1.02. The van der Waals surface area contributed by atoms with Crippen molar-refractivity contribution in [2.45, 2.75) is 6.92 Å². The molecule has 0 unspecified atom stereocenters. The number of aromatic hydroxyl groups is 1. The van der Waals surface area contributed by atoms with Gasteiger partial charge in [-0.25, -0.2) is 0 Å². The minimum absolute atomic E-state index is 0.143. The van der Waals surface area contributed by atoms with Gasteiger partial charge in [0, 0.05) is 6.07 Å². The van der Waals surface area contributed by atoms with Crippen LogP contribution in [0.4, 0.5) is 5.69 Å². The molecular weight excluding hydrogens is 170 g/mol. The van der Waals surface area contributed by atoms with Gasteiger partial charge in [-0.05, 0) is 13.0 Å². The van der Waals surface area contributed by atoms with Crippen LogP contribution < -0.4 is 10.5 Å². The number of carbonyl (C=O) groups is 1. The molecule has 0 aliphatic rings. The topological polar surface area (TPSA) is 72.6 Å². The summed E-state index contributed by atoms with van der Waals surface area (Å²) in [7, 11) is 1.47. The number of anilines is 1. The van der Waals surface area contributed by atoms with Crippen molar-refractivity contribution < 1.29 is 14.6 Å². The molecule has 0 saturated carbocycles. The molecule has 0 saturated heterocycles. The molecule has 0 aromatic heterocycles. The lowest BCUT2D eigenvalue weighted by Gasteiger charge is -2.07. The second-order valence-corrected chi connectivity index (χ2v) is 2.67. The Labute approximate surface area is 75.9 Å². The summed E-state index contributed by atoms with van der Waals surface area (Å²) >= 11 is 0. The van der Waals surface area contributed by atoms with Crippen LogP contribution >= 0.6 is 0 Å². The molecule has 0 bridgehead atoms. The fourth-order valence-electron chi connectivity index (χ4n) is 1.02. The first-order valence-corrected chi connectivity index (χ1v) is 3.73. The monoisotopic (exact) mass is 181 g/mol. The molecule has 4 nitrogen and oxygen atoms in total. The lowest BCUT2D eigenvalue weighted by atomic mass is 10.1. The van der Waals surface area contributed by atoms with Gasteiger partial charge in [-0.3, -0.25) is 4.79 Å². The van der Waals surface area contributed by atoms with E-state index >= 15 is 0 Å². The maximum absolute atomic E-state index is 11.0. The zero-order chi connectivity index (χ0) is 10.0. The van der Waals surface area contributed by atoms with Crippen LogP contribution in [0.15, 0.2) is 12.1 Å². The molecule has 13 heavy (non-hydrogen) atoms. The number of benzene rings is 1. The van der Waals surface area contributed by atoms with Gasteiger partial charge in [0.05, 0.1) is 18.4 Å². The number of methoxy groups -OCH3 is 1. The van der Waals surface area contributed by atoms with Crippen LogP contribution in [0.1, 0.15) is 17.3 Å². The van der Waals surface area contributed by atoms with Gasteiger partial charge in [-0.15, -0.1) is 0 Å². The van der Waals surface area contributed by atoms with Crippen LogP contribution in [-0.4, -0.2) is 18.0 Å². The van der Waals surface area contributed by atoms with E-state index in [1.54, 1.807) is 0 Å². The second kappa shape index (κ2) is 3.35. The summed E-state index contributed by atoms with van der Waals surface area (Å²) in [6.07, 6.45) is 0. The minimum Gasteiger partial charge on any atom is -0.505 e. The highest BCUT2D eigenvalue weighted by Gasteiger charge is 2.11. The number of hydrogen-bond acceptors (Lipinski definition) is 4. The first kappa shape index (κ1) is 9.38. The number of rotatable bonds is 2. The van der Waals surface area contributed by atoms with Gasteiger partial charge >= 0.3 is 0 Å². The van der Waals surface area contributed by atoms with Crippen molar-refractivity contribution in [3.8, 4) is 11.5 Å². The number of hydrogen-bond donors (Lipinski definition) is 2. The zero-order valence-electron chi connectivity index (χ0n) is 7.50. The van der Waals surface area contributed by atoms with Crippen LogP contribution in [-0.2, 0) is 0 Å². The van der Waals surface area contributed by atoms with E-state index in [1.807, 2.05) is 0 Å². The summed E-state index contributed by atoms with van der Waals surface area (Å²) in [4.78, 5) is 11.0. The average Bonchev–Trinajstić information content (AvgIpc) is 2.09. The highest BCUT2D eigenvalue weighted by atomic mass is 16.5. The number of phenolic OH excluding ortho intramolecular Hbond substituents is 1. The second-order valence-electron chi connectivity index (χ2n) is 2.67. The summed E-state index contributed by atoms with van der Waals surface area (Å²) < 4.78 is 4.90. The van der Waals surface area contributed by atoms with E-state index in [2.05, 4.69) is 0 Å². The van der Waals surface area contributed by atoms with Gasteiger partial charge in [0.1, 0.15) is 11.5 Å². The van der Waals surface area contributed by atoms with Gasteiger partial charge in [-0.2, -0.15) is 0 Å². The lowest BCUT2D eigenvalue weighted by molar-refractivity contribution is 0.101. The number of nitrogen functional groups attached to an aromatic ring is 1. The number of ether oxygens (including phenoxy) is 1. The van der Waals surface area contributed by atoms with Crippen molar-refractivity contribution >= 4 is 11.5 Å². The summed E-state index contributed by atoms with van der Waals surface area (Å²) in [5, 5.41) is 9.39. The van der Waals surface area contributed by atoms with Crippen LogP contribution in [0, 0.1) is 0 Å². The molecule has 0 amide bonds. The molecule has 0 aliphatic heterocycles. The molecule has 4 heteroatoms. The summed E-state index contributed by atoms with van der Waals surface area (Å²) in [5.74, 6) is 0.0249. The van der Waals surface area contributed by atoms with Crippen molar-refractivity contribution in [1.82, 2.24) is 0 Å². The van der Waals surface area contributed by atoms with Crippen LogP contribution in [0.5, 0.6) is 11.5 Å². The molecule has 1 rings (SSSR count). The van der Waals surface area contributed by atoms with E-state index in [-0.39, 0.29) is 22.8 Å². The normalized spacial score (nSPS) is 9.69. The summed E-state index contributed by atoms with van der Waals surface area (Å²) in [5.41, 5.74) is 5.77.